The molecule has 0 aliphatic carbocycles. The maximum atomic E-state index is 13.3. The molecular weight excluding hydrogens is 592 g/mol. The maximum Gasteiger partial charge on any atom is 0.305 e. The van der Waals surface area contributed by atoms with Gasteiger partial charge in [-0.25, -0.2) is 0 Å². The number of amides is 4. The predicted octanol–water partition coefficient (Wildman–Crippen LogP) is 3.60. The highest BCUT2D eigenvalue weighted by Gasteiger charge is 2.39. The van der Waals surface area contributed by atoms with Crippen LogP contribution in [0.3, 0.4) is 0 Å². The first-order valence-electron chi connectivity index (χ1n) is 14.3. The van der Waals surface area contributed by atoms with E-state index in [0.717, 1.165) is 4.90 Å². The van der Waals surface area contributed by atoms with Crippen LogP contribution in [-0.2, 0) is 19.1 Å². The molecular formula is C31H28N2O10S. The highest BCUT2D eigenvalue weighted by atomic mass is 32.1. The summed E-state index contributed by atoms with van der Waals surface area (Å²) in [4.78, 5) is 79.3. The smallest absolute Gasteiger partial charge is 0.305 e. The molecule has 1 unspecified atom stereocenters. The van der Waals surface area contributed by atoms with Crippen LogP contribution < -0.4 is 9.47 Å². The van der Waals surface area contributed by atoms with E-state index in [4.69, 9.17) is 18.9 Å². The minimum absolute atomic E-state index is 0.00144. The summed E-state index contributed by atoms with van der Waals surface area (Å²) in [5.74, 6) is -1.91. The van der Waals surface area contributed by atoms with Crippen molar-refractivity contribution in [1.82, 2.24) is 9.80 Å². The Morgan fingerprint density at radius 1 is 0.795 bits per heavy atom. The first kappa shape index (κ1) is 29.3. The molecule has 2 aromatic carbocycles. The van der Waals surface area contributed by atoms with Gasteiger partial charge in [0.2, 0.25) is 0 Å². The van der Waals surface area contributed by atoms with Crippen molar-refractivity contribution in [3.8, 4) is 11.5 Å². The minimum atomic E-state index is -0.608. The average molecular weight is 621 g/mol. The van der Waals surface area contributed by atoms with Crippen molar-refractivity contribution in [2.75, 3.05) is 32.9 Å². The lowest BCUT2D eigenvalue weighted by atomic mass is 9.86. The Morgan fingerprint density at radius 3 is 1.89 bits per heavy atom. The molecule has 1 atom stereocenters. The van der Waals surface area contributed by atoms with Crippen LogP contribution in [0.25, 0.3) is 10.8 Å². The van der Waals surface area contributed by atoms with Crippen molar-refractivity contribution >= 4 is 57.7 Å². The standard InChI is InChI=1S/C31H28N2O10S/c1-2-10-32-28(36)18-6-8-20-27-21(9-7-19(26(18)27)29(32)37)31(39)33(30(20)38)11-12-40-24(34)4-3-5-25(35)42-14-17-13-41-22-15-44-16-23(22)43-17/h6-9,15-17H,2-5,10-14H2,1H3. The topological polar surface area (TPSA) is 146 Å². The summed E-state index contributed by atoms with van der Waals surface area (Å²) in [6, 6.07) is 5.99. The van der Waals surface area contributed by atoms with Gasteiger partial charge in [-0.2, -0.15) is 0 Å². The van der Waals surface area contributed by atoms with Crippen LogP contribution in [0.2, 0.25) is 0 Å². The molecule has 0 saturated heterocycles. The van der Waals surface area contributed by atoms with Crippen molar-refractivity contribution in [3.05, 3.63) is 57.3 Å². The van der Waals surface area contributed by atoms with E-state index in [0.29, 0.717) is 23.3 Å². The summed E-state index contributed by atoms with van der Waals surface area (Å²) in [6.07, 6.45) is 0.332. The largest absolute Gasteiger partial charge is 0.485 e. The molecule has 3 aliphatic rings. The van der Waals surface area contributed by atoms with Gasteiger partial charge in [-0.3, -0.25) is 38.6 Å². The average Bonchev–Trinajstić information content (AvgIpc) is 3.49. The number of carbonyl (C=O) groups excluding carboxylic acids is 6. The van der Waals surface area contributed by atoms with E-state index < -0.39 is 41.7 Å². The molecule has 0 N–H and O–H groups in total. The van der Waals surface area contributed by atoms with Gasteiger partial charge < -0.3 is 18.9 Å². The third-order valence-electron chi connectivity index (χ3n) is 7.59. The summed E-state index contributed by atoms with van der Waals surface area (Å²) in [7, 11) is 0. The number of rotatable bonds is 11. The van der Waals surface area contributed by atoms with E-state index in [1.807, 2.05) is 17.7 Å². The first-order chi connectivity index (χ1) is 21.3. The molecule has 44 heavy (non-hydrogen) atoms. The van der Waals surface area contributed by atoms with Gasteiger partial charge in [-0.1, -0.05) is 6.92 Å². The summed E-state index contributed by atoms with van der Waals surface area (Å²) in [5.41, 5.74) is 0.925. The molecule has 3 aliphatic heterocycles. The molecule has 1 aromatic heterocycles. The lowest BCUT2D eigenvalue weighted by molar-refractivity contribution is -0.147. The number of esters is 2. The highest BCUT2D eigenvalue weighted by molar-refractivity contribution is 7.08. The Bertz CT molecular complexity index is 1640. The maximum absolute atomic E-state index is 13.3. The zero-order valence-electron chi connectivity index (χ0n) is 23.8. The van der Waals surface area contributed by atoms with Crippen molar-refractivity contribution in [3.63, 3.8) is 0 Å². The molecule has 12 nitrogen and oxygen atoms in total. The second-order valence-corrected chi connectivity index (χ2v) is 11.2. The van der Waals surface area contributed by atoms with Gasteiger partial charge in [0, 0.05) is 63.2 Å². The van der Waals surface area contributed by atoms with Crippen molar-refractivity contribution < 1.29 is 47.7 Å². The lowest BCUT2D eigenvalue weighted by Crippen LogP contribution is -2.44. The van der Waals surface area contributed by atoms with Gasteiger partial charge in [-0.15, -0.1) is 11.3 Å². The zero-order valence-corrected chi connectivity index (χ0v) is 24.6. The fourth-order valence-electron chi connectivity index (χ4n) is 5.51. The molecule has 0 saturated carbocycles. The summed E-state index contributed by atoms with van der Waals surface area (Å²) in [6.45, 7) is 2.00. The number of hydrogen-bond donors (Lipinski definition) is 0. The molecule has 4 heterocycles. The van der Waals surface area contributed by atoms with Crippen molar-refractivity contribution in [2.24, 2.45) is 0 Å². The lowest BCUT2D eigenvalue weighted by Gasteiger charge is -2.31. The van der Waals surface area contributed by atoms with Gasteiger partial charge in [0.25, 0.3) is 23.6 Å². The van der Waals surface area contributed by atoms with E-state index in [9.17, 15) is 28.8 Å². The number of fused-ring (bicyclic) bond motifs is 1. The molecule has 4 amide bonds. The van der Waals surface area contributed by atoms with Crippen molar-refractivity contribution in [2.45, 2.75) is 38.7 Å². The molecule has 228 valence electrons. The predicted molar refractivity (Wildman–Crippen MR) is 155 cm³/mol. The number of thiophene rings is 1. The number of hydrogen-bond acceptors (Lipinski definition) is 11. The highest BCUT2D eigenvalue weighted by Crippen LogP contribution is 2.38. The first-order valence-corrected chi connectivity index (χ1v) is 15.2. The normalized spacial score (nSPS) is 16.9. The Kier molecular flexibility index (Phi) is 8.04. The van der Waals surface area contributed by atoms with Gasteiger partial charge in [-0.05, 0) is 37.1 Å². The van der Waals surface area contributed by atoms with E-state index in [-0.39, 0.29) is 79.8 Å². The molecule has 6 rings (SSSR count). The van der Waals surface area contributed by atoms with Gasteiger partial charge in [0.15, 0.2) is 17.6 Å². The fourth-order valence-corrected chi connectivity index (χ4v) is 6.18. The van der Waals surface area contributed by atoms with Gasteiger partial charge in [0.05, 0.1) is 6.54 Å². The van der Waals surface area contributed by atoms with Crippen LogP contribution in [0.4, 0.5) is 0 Å². The third-order valence-corrected chi connectivity index (χ3v) is 8.29. The fraction of sp³-hybridized carbons (Fsp3) is 0.355. The van der Waals surface area contributed by atoms with Crippen LogP contribution in [0, 0.1) is 0 Å². The number of benzene rings is 2. The van der Waals surface area contributed by atoms with Gasteiger partial charge >= 0.3 is 11.9 Å². The van der Waals surface area contributed by atoms with Crippen molar-refractivity contribution in [1.29, 1.82) is 0 Å². The Morgan fingerprint density at radius 2 is 1.32 bits per heavy atom. The second kappa shape index (κ2) is 12.1. The van der Waals surface area contributed by atoms with E-state index in [1.165, 1.54) is 40.5 Å². The Labute approximate surface area is 255 Å². The number of imide groups is 2. The Hall–Kier alpha value is -4.78. The van der Waals surface area contributed by atoms with Crippen LogP contribution in [-0.4, -0.2) is 84.4 Å². The van der Waals surface area contributed by atoms with E-state index >= 15 is 0 Å². The SMILES string of the molecule is CCCN1C(=O)c2ccc3c4c(ccc(c24)C1=O)C(=O)N(CCOC(=O)CCCC(=O)OCC1COc2cscc2O1)C3=O. The van der Waals surface area contributed by atoms with Gasteiger partial charge in [0.1, 0.15) is 19.8 Å². The molecule has 0 spiro atoms. The molecule has 0 bridgehead atoms. The summed E-state index contributed by atoms with van der Waals surface area (Å²) < 4.78 is 21.7. The monoisotopic (exact) mass is 620 g/mol. The molecule has 3 aromatic rings. The number of ether oxygens (including phenoxy) is 4. The second-order valence-electron chi connectivity index (χ2n) is 10.5. The van der Waals surface area contributed by atoms with Crippen LogP contribution in [0.5, 0.6) is 11.5 Å². The quantitative estimate of drug-likeness (QED) is 0.230. The summed E-state index contributed by atoms with van der Waals surface area (Å²) in [5, 5.41) is 4.23. The zero-order chi connectivity index (χ0) is 31.0. The van der Waals surface area contributed by atoms with Crippen LogP contribution in [0.1, 0.15) is 74.0 Å². The number of carbonyl (C=O) groups is 6. The molecule has 0 fully saturated rings. The van der Waals surface area contributed by atoms with Crippen LogP contribution >= 0.6 is 11.3 Å². The molecule has 13 heteroatoms. The summed E-state index contributed by atoms with van der Waals surface area (Å²) >= 11 is 1.45. The van der Waals surface area contributed by atoms with E-state index in [1.54, 1.807) is 0 Å². The number of nitrogens with zero attached hydrogens (tertiary/aromatic N) is 2. The third kappa shape index (κ3) is 5.27. The van der Waals surface area contributed by atoms with E-state index in [2.05, 4.69) is 0 Å². The Balaban J connectivity index is 0.999. The minimum Gasteiger partial charge on any atom is -0.485 e. The molecule has 0 radical (unpaired) electrons. The van der Waals surface area contributed by atoms with Crippen LogP contribution in [0.15, 0.2) is 35.0 Å².